The van der Waals surface area contributed by atoms with Crippen molar-refractivity contribution in [1.82, 2.24) is 15.0 Å². The van der Waals surface area contributed by atoms with Crippen molar-refractivity contribution in [3.05, 3.63) is 36.2 Å². The van der Waals surface area contributed by atoms with Crippen LogP contribution in [0, 0.1) is 0 Å². The Hall–Kier alpha value is -1.78. The molecule has 28 heavy (non-hydrogen) atoms. The third-order valence-electron chi connectivity index (χ3n) is 4.79. The van der Waals surface area contributed by atoms with Crippen molar-refractivity contribution < 1.29 is 22.7 Å². The minimum absolute atomic E-state index is 0. The van der Waals surface area contributed by atoms with E-state index in [0.29, 0.717) is 17.4 Å². The van der Waals surface area contributed by atoms with Crippen molar-refractivity contribution in [2.75, 3.05) is 33.9 Å². The molecular formula is C18H24ClN3O5S. The van der Waals surface area contributed by atoms with Gasteiger partial charge in [-0.1, -0.05) is 12.1 Å². The van der Waals surface area contributed by atoms with Gasteiger partial charge in [0, 0.05) is 30.6 Å². The maximum atomic E-state index is 13.0. The number of sulfonamides is 1. The van der Waals surface area contributed by atoms with Crippen LogP contribution in [0.5, 0.6) is 0 Å². The van der Waals surface area contributed by atoms with E-state index >= 15 is 0 Å². The number of halogens is 1. The number of ether oxygens (including phenoxy) is 2. The largest absolute Gasteiger partial charge is 0.464 e. The highest BCUT2D eigenvalue weighted by Crippen LogP contribution is 2.26. The second kappa shape index (κ2) is 9.15. The van der Waals surface area contributed by atoms with E-state index in [1.165, 1.54) is 19.4 Å². The summed E-state index contributed by atoms with van der Waals surface area (Å²) in [6, 6.07) is 6.33. The van der Waals surface area contributed by atoms with Crippen LogP contribution >= 0.6 is 12.4 Å². The summed E-state index contributed by atoms with van der Waals surface area (Å²) in [5, 5.41) is 4.19. The Kier molecular flexibility index (Phi) is 7.35. The highest BCUT2D eigenvalue weighted by atomic mass is 35.5. The lowest BCUT2D eigenvalue weighted by Gasteiger charge is -2.29. The summed E-state index contributed by atoms with van der Waals surface area (Å²) in [6.07, 6.45) is 3.20. The third kappa shape index (κ3) is 4.44. The first-order valence-corrected chi connectivity index (χ1v) is 10.1. The SMILES string of the molecule is COCC1(CNS(=O)(=O)c2cccc3c(C(=O)OC)nccc23)CCCN1.Cl. The van der Waals surface area contributed by atoms with Crippen LogP contribution < -0.4 is 10.0 Å². The minimum atomic E-state index is -3.81. The first-order valence-electron chi connectivity index (χ1n) is 8.62. The molecular weight excluding hydrogens is 406 g/mol. The number of carbonyl (C=O) groups excluding carboxylic acids is 1. The zero-order valence-electron chi connectivity index (χ0n) is 15.7. The van der Waals surface area contributed by atoms with E-state index in [4.69, 9.17) is 9.47 Å². The molecule has 2 N–H and O–H groups in total. The predicted octanol–water partition coefficient (Wildman–Crippen LogP) is 1.49. The van der Waals surface area contributed by atoms with Crippen molar-refractivity contribution in [1.29, 1.82) is 0 Å². The molecule has 2 heterocycles. The Labute approximate surface area is 170 Å². The Morgan fingerprint density at radius 3 is 2.71 bits per heavy atom. The summed E-state index contributed by atoms with van der Waals surface area (Å²) in [6.45, 7) is 1.46. The number of hydrogen-bond donors (Lipinski definition) is 2. The number of esters is 1. The summed E-state index contributed by atoms with van der Waals surface area (Å²) in [7, 11) is -0.947. The maximum Gasteiger partial charge on any atom is 0.357 e. The van der Waals surface area contributed by atoms with Crippen molar-refractivity contribution in [2.45, 2.75) is 23.3 Å². The molecule has 8 nitrogen and oxygen atoms in total. The van der Waals surface area contributed by atoms with Crippen LogP contribution in [0.2, 0.25) is 0 Å². The van der Waals surface area contributed by atoms with Crippen LogP contribution in [-0.4, -0.2) is 58.8 Å². The monoisotopic (exact) mass is 429 g/mol. The van der Waals surface area contributed by atoms with E-state index in [1.54, 1.807) is 25.3 Å². The Morgan fingerprint density at radius 2 is 2.07 bits per heavy atom. The topological polar surface area (TPSA) is 107 Å². The molecule has 0 spiro atoms. The summed E-state index contributed by atoms with van der Waals surface area (Å²) in [5.41, 5.74) is -0.328. The standard InChI is InChI=1S/C18H23N3O5S.ClH/c1-25-12-18(8-4-9-20-18)11-21-27(23,24)15-6-3-5-14-13(15)7-10-19-16(14)17(22)26-2;/h3,5-7,10,20-21H,4,8-9,11-12H2,1-2H3;1H. The zero-order chi connectivity index (χ0) is 19.5. The van der Waals surface area contributed by atoms with Crippen LogP contribution in [-0.2, 0) is 19.5 Å². The van der Waals surface area contributed by atoms with Gasteiger partial charge in [0.1, 0.15) is 0 Å². The summed E-state index contributed by atoms with van der Waals surface area (Å²) in [4.78, 5) is 16.1. The van der Waals surface area contributed by atoms with Gasteiger partial charge in [0.2, 0.25) is 10.0 Å². The lowest BCUT2D eigenvalue weighted by molar-refractivity contribution is 0.0596. The van der Waals surface area contributed by atoms with Crippen LogP contribution in [0.25, 0.3) is 10.8 Å². The van der Waals surface area contributed by atoms with Crippen molar-refractivity contribution in [3.63, 3.8) is 0 Å². The zero-order valence-corrected chi connectivity index (χ0v) is 17.4. The van der Waals surface area contributed by atoms with Gasteiger partial charge in [0.15, 0.2) is 5.69 Å². The van der Waals surface area contributed by atoms with E-state index in [2.05, 4.69) is 15.0 Å². The fourth-order valence-corrected chi connectivity index (χ4v) is 4.80. The third-order valence-corrected chi connectivity index (χ3v) is 6.25. The molecule has 1 fully saturated rings. The van der Waals surface area contributed by atoms with Crippen LogP contribution in [0.15, 0.2) is 35.4 Å². The van der Waals surface area contributed by atoms with Crippen molar-refractivity contribution in [2.24, 2.45) is 0 Å². The fraction of sp³-hybridized carbons (Fsp3) is 0.444. The normalized spacial score (nSPS) is 19.4. The average Bonchev–Trinajstić information content (AvgIpc) is 3.14. The molecule has 1 saturated heterocycles. The molecule has 2 aromatic rings. The highest BCUT2D eigenvalue weighted by molar-refractivity contribution is 7.89. The number of benzene rings is 1. The van der Waals surface area contributed by atoms with Gasteiger partial charge < -0.3 is 14.8 Å². The average molecular weight is 430 g/mol. The molecule has 0 bridgehead atoms. The smallest absolute Gasteiger partial charge is 0.357 e. The number of aromatic nitrogens is 1. The molecule has 1 aliphatic rings. The molecule has 1 aliphatic heterocycles. The van der Waals surface area contributed by atoms with E-state index in [0.717, 1.165) is 19.4 Å². The molecule has 1 aromatic carbocycles. The summed E-state index contributed by atoms with van der Waals surface area (Å²) < 4.78 is 38.7. The van der Waals surface area contributed by atoms with E-state index < -0.39 is 21.5 Å². The summed E-state index contributed by atoms with van der Waals surface area (Å²) in [5.74, 6) is -0.614. The van der Waals surface area contributed by atoms with E-state index in [-0.39, 0.29) is 29.5 Å². The number of nitrogens with one attached hydrogen (secondary N) is 2. The first-order chi connectivity index (χ1) is 12.9. The molecule has 0 saturated carbocycles. The number of hydrogen-bond acceptors (Lipinski definition) is 7. The number of fused-ring (bicyclic) bond motifs is 1. The van der Waals surface area contributed by atoms with Crippen LogP contribution in [0.3, 0.4) is 0 Å². The van der Waals surface area contributed by atoms with Gasteiger partial charge in [-0.15, -0.1) is 12.4 Å². The van der Waals surface area contributed by atoms with Gasteiger partial charge in [0.25, 0.3) is 0 Å². The van der Waals surface area contributed by atoms with Crippen molar-refractivity contribution in [3.8, 4) is 0 Å². The molecule has 0 radical (unpaired) electrons. The minimum Gasteiger partial charge on any atom is -0.464 e. The second-order valence-corrected chi connectivity index (χ2v) is 8.31. The molecule has 1 aromatic heterocycles. The maximum absolute atomic E-state index is 13.0. The van der Waals surface area contributed by atoms with Gasteiger partial charge in [-0.25, -0.2) is 22.9 Å². The van der Waals surface area contributed by atoms with Gasteiger partial charge in [-0.3, -0.25) is 0 Å². The summed E-state index contributed by atoms with van der Waals surface area (Å²) >= 11 is 0. The predicted molar refractivity (Wildman–Crippen MR) is 107 cm³/mol. The number of rotatable bonds is 7. The molecule has 1 unspecified atom stereocenters. The van der Waals surface area contributed by atoms with Gasteiger partial charge in [-0.05, 0) is 31.5 Å². The molecule has 3 rings (SSSR count). The highest BCUT2D eigenvalue weighted by Gasteiger charge is 2.35. The number of carbonyl (C=O) groups is 1. The van der Waals surface area contributed by atoms with E-state index in [1.807, 2.05) is 0 Å². The van der Waals surface area contributed by atoms with Crippen LogP contribution in [0.4, 0.5) is 0 Å². The number of methoxy groups -OCH3 is 2. The number of nitrogens with zero attached hydrogens (tertiary/aromatic N) is 1. The van der Waals surface area contributed by atoms with E-state index in [9.17, 15) is 13.2 Å². The Balaban J connectivity index is 0.00000280. The lowest BCUT2D eigenvalue weighted by atomic mass is 9.99. The lowest BCUT2D eigenvalue weighted by Crippen LogP contribution is -2.52. The van der Waals surface area contributed by atoms with Gasteiger partial charge in [-0.2, -0.15) is 0 Å². The van der Waals surface area contributed by atoms with Gasteiger partial charge >= 0.3 is 5.97 Å². The second-order valence-electron chi connectivity index (χ2n) is 6.57. The number of pyridine rings is 1. The van der Waals surface area contributed by atoms with Crippen molar-refractivity contribution >= 4 is 39.2 Å². The molecule has 0 amide bonds. The molecule has 10 heteroatoms. The first kappa shape index (κ1) is 22.5. The molecule has 154 valence electrons. The molecule has 1 atom stereocenters. The van der Waals surface area contributed by atoms with Gasteiger partial charge in [0.05, 0.1) is 24.2 Å². The van der Waals surface area contributed by atoms with Crippen LogP contribution in [0.1, 0.15) is 23.3 Å². The Bertz CT molecular complexity index is 945. The molecule has 0 aliphatic carbocycles. The fourth-order valence-electron chi connectivity index (χ4n) is 3.45. The quantitative estimate of drug-likeness (QED) is 0.642. The Morgan fingerprint density at radius 1 is 1.29 bits per heavy atom.